The SMILES string of the molecule is O=C(O)CC1(NC(=O)CSc2ccc(F)c(F)c2)CCOCC1. The van der Waals surface area contributed by atoms with Crippen LogP contribution in [-0.4, -0.2) is 41.5 Å². The topological polar surface area (TPSA) is 75.6 Å². The minimum atomic E-state index is -0.986. The summed E-state index contributed by atoms with van der Waals surface area (Å²) in [5.74, 6) is -3.25. The van der Waals surface area contributed by atoms with Gasteiger partial charge in [0.15, 0.2) is 11.6 Å². The first-order valence-corrected chi connectivity index (χ1v) is 8.07. The molecule has 126 valence electrons. The average Bonchev–Trinajstić information content (AvgIpc) is 2.48. The van der Waals surface area contributed by atoms with Crippen LogP contribution in [0, 0.1) is 11.6 Å². The molecule has 1 fully saturated rings. The van der Waals surface area contributed by atoms with E-state index >= 15 is 0 Å². The lowest BCUT2D eigenvalue weighted by Crippen LogP contribution is -2.53. The van der Waals surface area contributed by atoms with Crippen molar-refractivity contribution in [2.24, 2.45) is 0 Å². The Balaban J connectivity index is 1.93. The summed E-state index contributed by atoms with van der Waals surface area (Å²) >= 11 is 1.06. The monoisotopic (exact) mass is 345 g/mol. The van der Waals surface area contributed by atoms with Crippen molar-refractivity contribution in [1.82, 2.24) is 5.32 Å². The van der Waals surface area contributed by atoms with Gasteiger partial charge in [0.25, 0.3) is 0 Å². The van der Waals surface area contributed by atoms with E-state index < -0.39 is 23.1 Å². The first-order valence-electron chi connectivity index (χ1n) is 7.09. The van der Waals surface area contributed by atoms with Crippen LogP contribution >= 0.6 is 11.8 Å². The molecule has 0 radical (unpaired) electrons. The third-order valence-corrected chi connectivity index (χ3v) is 4.60. The zero-order chi connectivity index (χ0) is 16.9. The number of carboxylic acids is 1. The first kappa shape index (κ1) is 17.7. The van der Waals surface area contributed by atoms with Crippen LogP contribution in [0.1, 0.15) is 19.3 Å². The lowest BCUT2D eigenvalue weighted by atomic mass is 9.86. The van der Waals surface area contributed by atoms with Crippen LogP contribution in [0.3, 0.4) is 0 Å². The Morgan fingerprint density at radius 3 is 2.57 bits per heavy atom. The number of ether oxygens (including phenoxy) is 1. The highest BCUT2D eigenvalue weighted by molar-refractivity contribution is 8.00. The summed E-state index contributed by atoms with van der Waals surface area (Å²) in [6.07, 6.45) is 0.694. The molecule has 1 aromatic rings. The van der Waals surface area contributed by atoms with Gasteiger partial charge in [-0.05, 0) is 31.0 Å². The molecule has 0 atom stereocenters. The summed E-state index contributed by atoms with van der Waals surface area (Å²) in [6, 6.07) is 3.41. The smallest absolute Gasteiger partial charge is 0.305 e. The Morgan fingerprint density at radius 1 is 1.26 bits per heavy atom. The predicted molar refractivity (Wildman–Crippen MR) is 80.3 cm³/mol. The third-order valence-electron chi connectivity index (χ3n) is 3.61. The van der Waals surface area contributed by atoms with E-state index in [1.165, 1.54) is 6.07 Å². The Bertz CT molecular complexity index is 591. The average molecular weight is 345 g/mol. The van der Waals surface area contributed by atoms with Crippen LogP contribution in [-0.2, 0) is 14.3 Å². The fraction of sp³-hybridized carbons (Fsp3) is 0.467. The number of amides is 1. The molecule has 2 N–H and O–H groups in total. The number of halogens is 2. The molecule has 1 saturated heterocycles. The summed E-state index contributed by atoms with van der Waals surface area (Å²) in [5, 5.41) is 11.8. The van der Waals surface area contributed by atoms with E-state index in [9.17, 15) is 18.4 Å². The van der Waals surface area contributed by atoms with Gasteiger partial charge < -0.3 is 15.2 Å². The molecule has 2 rings (SSSR count). The number of rotatable bonds is 6. The second kappa shape index (κ2) is 7.74. The van der Waals surface area contributed by atoms with Gasteiger partial charge in [-0.15, -0.1) is 11.8 Å². The largest absolute Gasteiger partial charge is 0.481 e. The maximum atomic E-state index is 13.1. The summed E-state index contributed by atoms with van der Waals surface area (Å²) in [6.45, 7) is 0.785. The van der Waals surface area contributed by atoms with Gasteiger partial charge >= 0.3 is 5.97 Å². The Labute approximate surface area is 136 Å². The zero-order valence-corrected chi connectivity index (χ0v) is 13.1. The van der Waals surface area contributed by atoms with E-state index in [1.807, 2.05) is 0 Å². The van der Waals surface area contributed by atoms with E-state index in [4.69, 9.17) is 9.84 Å². The highest BCUT2D eigenvalue weighted by Crippen LogP contribution is 2.26. The highest BCUT2D eigenvalue weighted by Gasteiger charge is 2.36. The molecule has 0 unspecified atom stereocenters. The lowest BCUT2D eigenvalue weighted by Gasteiger charge is -2.36. The van der Waals surface area contributed by atoms with Crippen LogP contribution in [0.5, 0.6) is 0 Å². The minimum Gasteiger partial charge on any atom is -0.481 e. The van der Waals surface area contributed by atoms with Crippen molar-refractivity contribution in [2.45, 2.75) is 29.7 Å². The number of thioether (sulfide) groups is 1. The molecular formula is C15H17F2NO4S. The third kappa shape index (κ3) is 5.18. The maximum Gasteiger partial charge on any atom is 0.305 e. The minimum absolute atomic E-state index is 0.00665. The summed E-state index contributed by atoms with van der Waals surface area (Å²) < 4.78 is 31.2. The second-order valence-electron chi connectivity index (χ2n) is 5.38. The molecule has 1 amide bonds. The lowest BCUT2D eigenvalue weighted by molar-refractivity contribution is -0.140. The standard InChI is InChI=1S/C15H17F2NO4S/c16-11-2-1-10(7-12(11)17)23-9-13(19)18-15(8-14(20)21)3-5-22-6-4-15/h1-2,7H,3-6,8-9H2,(H,18,19)(H,20,21). The van der Waals surface area contributed by atoms with Crippen molar-refractivity contribution in [3.05, 3.63) is 29.8 Å². The van der Waals surface area contributed by atoms with Crippen molar-refractivity contribution in [1.29, 1.82) is 0 Å². The molecule has 0 saturated carbocycles. The fourth-order valence-corrected chi connectivity index (χ4v) is 3.17. The maximum absolute atomic E-state index is 13.1. The van der Waals surface area contributed by atoms with Crippen LogP contribution in [0.25, 0.3) is 0 Å². The number of carbonyl (C=O) groups excluding carboxylic acids is 1. The highest BCUT2D eigenvalue weighted by atomic mass is 32.2. The molecule has 0 aliphatic carbocycles. The van der Waals surface area contributed by atoms with E-state index in [2.05, 4.69) is 5.32 Å². The van der Waals surface area contributed by atoms with Gasteiger partial charge in [-0.3, -0.25) is 9.59 Å². The summed E-state index contributed by atoms with van der Waals surface area (Å²) in [7, 11) is 0. The van der Waals surface area contributed by atoms with Gasteiger partial charge in [-0.25, -0.2) is 8.78 Å². The van der Waals surface area contributed by atoms with Crippen molar-refractivity contribution in [2.75, 3.05) is 19.0 Å². The number of hydrogen-bond acceptors (Lipinski definition) is 4. The Kier molecular flexibility index (Phi) is 5.95. The van der Waals surface area contributed by atoms with E-state index in [1.54, 1.807) is 0 Å². The quantitative estimate of drug-likeness (QED) is 0.773. The molecular weight excluding hydrogens is 328 g/mol. The summed E-state index contributed by atoms with van der Waals surface area (Å²) in [4.78, 5) is 23.5. The van der Waals surface area contributed by atoms with Gasteiger partial charge in [0.2, 0.25) is 5.91 Å². The molecule has 1 aromatic carbocycles. The number of carboxylic acid groups (broad SMARTS) is 1. The van der Waals surface area contributed by atoms with Crippen molar-refractivity contribution in [3.63, 3.8) is 0 Å². The van der Waals surface area contributed by atoms with Gasteiger partial charge in [0.05, 0.1) is 17.7 Å². The number of carbonyl (C=O) groups is 2. The Morgan fingerprint density at radius 2 is 1.96 bits per heavy atom. The molecule has 1 heterocycles. The molecule has 0 bridgehead atoms. The van der Waals surface area contributed by atoms with Gasteiger partial charge in [0.1, 0.15) is 0 Å². The number of aliphatic carboxylic acids is 1. The van der Waals surface area contributed by atoms with Gasteiger partial charge in [0, 0.05) is 18.1 Å². The molecule has 1 aliphatic heterocycles. The number of benzene rings is 1. The van der Waals surface area contributed by atoms with Crippen LogP contribution in [0.4, 0.5) is 8.78 Å². The summed E-state index contributed by atoms with van der Waals surface area (Å²) in [5.41, 5.74) is -0.810. The van der Waals surface area contributed by atoms with Crippen LogP contribution < -0.4 is 5.32 Å². The molecule has 5 nitrogen and oxygen atoms in total. The molecule has 8 heteroatoms. The number of nitrogens with one attached hydrogen (secondary N) is 1. The van der Waals surface area contributed by atoms with Crippen molar-refractivity contribution in [3.8, 4) is 0 Å². The Hall–Kier alpha value is -1.67. The molecule has 1 aliphatic rings. The fourth-order valence-electron chi connectivity index (χ4n) is 2.44. The zero-order valence-electron chi connectivity index (χ0n) is 12.3. The van der Waals surface area contributed by atoms with E-state index in [-0.39, 0.29) is 18.1 Å². The van der Waals surface area contributed by atoms with Crippen LogP contribution in [0.2, 0.25) is 0 Å². The van der Waals surface area contributed by atoms with Crippen molar-refractivity contribution < 1.29 is 28.2 Å². The van der Waals surface area contributed by atoms with Crippen LogP contribution in [0.15, 0.2) is 23.1 Å². The predicted octanol–water partition coefficient (Wildman–Crippen LogP) is 2.20. The van der Waals surface area contributed by atoms with E-state index in [0.717, 1.165) is 23.9 Å². The van der Waals surface area contributed by atoms with Gasteiger partial charge in [-0.2, -0.15) is 0 Å². The molecule has 0 spiro atoms. The molecule has 23 heavy (non-hydrogen) atoms. The van der Waals surface area contributed by atoms with Crippen molar-refractivity contribution >= 4 is 23.6 Å². The van der Waals surface area contributed by atoms with E-state index in [0.29, 0.717) is 31.0 Å². The van der Waals surface area contributed by atoms with Gasteiger partial charge in [-0.1, -0.05) is 0 Å². The normalized spacial score (nSPS) is 16.8. The second-order valence-corrected chi connectivity index (χ2v) is 6.42. The molecule has 0 aromatic heterocycles. The number of hydrogen-bond donors (Lipinski definition) is 2. The first-order chi connectivity index (χ1) is 10.9.